The van der Waals surface area contributed by atoms with Crippen LogP contribution >= 0.6 is 0 Å². The van der Waals surface area contributed by atoms with Crippen LogP contribution in [0.5, 0.6) is 0 Å². The Kier molecular flexibility index (Phi) is 4.03. The molecule has 0 saturated heterocycles. The number of nitrogens with zero attached hydrogens (tertiary/aromatic N) is 8. The molecule has 4 heterocycles. The van der Waals surface area contributed by atoms with Crippen molar-refractivity contribution in [2.24, 2.45) is 7.05 Å². The predicted octanol–water partition coefficient (Wildman–Crippen LogP) is 1.52. The zero-order valence-corrected chi connectivity index (χ0v) is 13.7. The van der Waals surface area contributed by atoms with Crippen LogP contribution in [-0.2, 0) is 13.6 Å². The maximum absolute atomic E-state index is 4.67. The van der Waals surface area contributed by atoms with Crippen molar-refractivity contribution in [1.29, 1.82) is 0 Å². The fourth-order valence-electron chi connectivity index (χ4n) is 2.59. The van der Waals surface area contributed by atoms with Crippen molar-refractivity contribution in [1.82, 2.24) is 39.5 Å². The van der Waals surface area contributed by atoms with Gasteiger partial charge in [0.25, 0.3) is 0 Å². The van der Waals surface area contributed by atoms with Gasteiger partial charge in [-0.05, 0) is 18.6 Å². The molecule has 1 N–H and O–H groups in total. The molecule has 0 aliphatic carbocycles. The van der Waals surface area contributed by atoms with Gasteiger partial charge in [0.2, 0.25) is 0 Å². The number of aryl methyl sites for hydroxylation is 2. The van der Waals surface area contributed by atoms with E-state index in [1.54, 1.807) is 35.9 Å². The maximum atomic E-state index is 4.67. The average Bonchev–Trinajstić information content (AvgIpc) is 3.30. The smallest absolute Gasteiger partial charge is 0.165 e. The van der Waals surface area contributed by atoms with Crippen molar-refractivity contribution in [3.8, 4) is 11.4 Å². The van der Waals surface area contributed by atoms with Gasteiger partial charge in [-0.1, -0.05) is 0 Å². The second-order valence-corrected chi connectivity index (χ2v) is 5.62. The number of aromatic nitrogens is 8. The number of anilines is 1. The lowest BCUT2D eigenvalue weighted by molar-refractivity contribution is 0.658. The van der Waals surface area contributed by atoms with Crippen LogP contribution in [0, 0.1) is 0 Å². The van der Waals surface area contributed by atoms with Crippen LogP contribution in [0.15, 0.2) is 43.4 Å². The molecule has 0 amide bonds. The highest BCUT2D eigenvalue weighted by Crippen LogP contribution is 2.24. The Hall–Kier alpha value is -3.36. The summed E-state index contributed by atoms with van der Waals surface area (Å²) in [6.45, 7) is 1.61. The Morgan fingerprint density at radius 2 is 2.00 bits per heavy atom. The molecule has 0 fully saturated rings. The molecular weight excluding hydrogens is 318 g/mol. The molecule has 9 nitrogen and oxygen atoms in total. The monoisotopic (exact) mass is 335 g/mol. The standard InChI is InChI=1S/C16H17N9/c1-24-16-13(9-21-24)15(18-6-3-7-25-10-19-20-11-25)22-14(23-16)12-4-2-5-17-8-12/h2,4-5,8-11H,3,6-7H2,1H3,(H,18,22,23). The molecule has 0 unspecified atom stereocenters. The van der Waals surface area contributed by atoms with Gasteiger partial charge in [0.15, 0.2) is 11.5 Å². The van der Waals surface area contributed by atoms with Gasteiger partial charge in [-0.25, -0.2) is 9.97 Å². The molecule has 4 aromatic rings. The second-order valence-electron chi connectivity index (χ2n) is 5.62. The highest BCUT2D eigenvalue weighted by atomic mass is 15.3. The normalized spacial score (nSPS) is 11.1. The predicted molar refractivity (Wildman–Crippen MR) is 92.7 cm³/mol. The Morgan fingerprint density at radius 1 is 1.12 bits per heavy atom. The molecule has 0 aliphatic heterocycles. The molecule has 0 radical (unpaired) electrons. The maximum Gasteiger partial charge on any atom is 0.165 e. The van der Waals surface area contributed by atoms with Crippen LogP contribution in [0.1, 0.15) is 6.42 Å². The number of hydrogen-bond acceptors (Lipinski definition) is 7. The van der Waals surface area contributed by atoms with E-state index in [1.807, 2.05) is 23.7 Å². The van der Waals surface area contributed by atoms with Gasteiger partial charge in [0.05, 0.1) is 11.6 Å². The van der Waals surface area contributed by atoms with Crippen molar-refractivity contribution >= 4 is 16.9 Å². The molecule has 0 bridgehead atoms. The number of nitrogens with one attached hydrogen (secondary N) is 1. The molecule has 126 valence electrons. The topological polar surface area (TPSA) is 99.2 Å². The third kappa shape index (κ3) is 3.16. The van der Waals surface area contributed by atoms with E-state index in [0.717, 1.165) is 41.9 Å². The highest BCUT2D eigenvalue weighted by molar-refractivity contribution is 5.88. The molecule has 0 atom stereocenters. The van der Waals surface area contributed by atoms with Crippen LogP contribution in [0.2, 0.25) is 0 Å². The molecule has 9 heteroatoms. The molecule has 4 aromatic heterocycles. The van der Waals surface area contributed by atoms with E-state index in [1.165, 1.54) is 0 Å². The SMILES string of the molecule is Cn1ncc2c(NCCCn3cnnc3)nc(-c3cccnc3)nc21. The molecule has 4 rings (SSSR count). The molecule has 0 saturated carbocycles. The average molecular weight is 335 g/mol. The number of rotatable bonds is 6. The van der Waals surface area contributed by atoms with Gasteiger partial charge in [0, 0.05) is 38.1 Å². The summed E-state index contributed by atoms with van der Waals surface area (Å²) in [7, 11) is 1.87. The Balaban J connectivity index is 1.58. The van der Waals surface area contributed by atoms with E-state index in [9.17, 15) is 0 Å². The van der Waals surface area contributed by atoms with Crippen LogP contribution in [-0.4, -0.2) is 46.0 Å². The molecule has 0 spiro atoms. The summed E-state index contributed by atoms with van der Waals surface area (Å²) in [5.74, 6) is 1.41. The first-order valence-corrected chi connectivity index (χ1v) is 7.98. The summed E-state index contributed by atoms with van der Waals surface area (Å²) in [5.41, 5.74) is 1.66. The summed E-state index contributed by atoms with van der Waals surface area (Å²) in [6, 6.07) is 3.82. The van der Waals surface area contributed by atoms with Gasteiger partial charge in [-0.15, -0.1) is 10.2 Å². The second kappa shape index (κ2) is 6.63. The number of pyridine rings is 1. The van der Waals surface area contributed by atoms with Crippen molar-refractivity contribution < 1.29 is 0 Å². The van der Waals surface area contributed by atoms with Crippen molar-refractivity contribution in [2.45, 2.75) is 13.0 Å². The third-order valence-electron chi connectivity index (χ3n) is 3.86. The van der Waals surface area contributed by atoms with Crippen LogP contribution in [0.3, 0.4) is 0 Å². The van der Waals surface area contributed by atoms with Crippen molar-refractivity contribution in [2.75, 3.05) is 11.9 Å². The quantitative estimate of drug-likeness (QED) is 0.533. The first-order valence-electron chi connectivity index (χ1n) is 7.98. The van der Waals surface area contributed by atoms with Crippen LogP contribution in [0.25, 0.3) is 22.4 Å². The molecule has 25 heavy (non-hydrogen) atoms. The fraction of sp³-hybridized carbons (Fsp3) is 0.250. The van der Waals surface area contributed by atoms with E-state index in [-0.39, 0.29) is 0 Å². The van der Waals surface area contributed by atoms with Crippen LogP contribution < -0.4 is 5.32 Å². The van der Waals surface area contributed by atoms with E-state index >= 15 is 0 Å². The summed E-state index contributed by atoms with van der Waals surface area (Å²) >= 11 is 0. The minimum absolute atomic E-state index is 0.630. The zero-order chi connectivity index (χ0) is 17.1. The summed E-state index contributed by atoms with van der Waals surface area (Å²) in [6.07, 6.45) is 9.62. The lowest BCUT2D eigenvalue weighted by Gasteiger charge is -2.09. The van der Waals surface area contributed by atoms with Gasteiger partial charge < -0.3 is 9.88 Å². The zero-order valence-electron chi connectivity index (χ0n) is 13.7. The van der Waals surface area contributed by atoms with Crippen LogP contribution in [0.4, 0.5) is 5.82 Å². The van der Waals surface area contributed by atoms with E-state index in [0.29, 0.717) is 5.82 Å². The van der Waals surface area contributed by atoms with Gasteiger partial charge in [-0.2, -0.15) is 5.10 Å². The molecular formula is C16H17N9. The largest absolute Gasteiger partial charge is 0.369 e. The third-order valence-corrected chi connectivity index (χ3v) is 3.86. The Bertz CT molecular complexity index is 960. The lowest BCUT2D eigenvalue weighted by Crippen LogP contribution is -2.08. The van der Waals surface area contributed by atoms with Gasteiger partial charge in [-0.3, -0.25) is 9.67 Å². The van der Waals surface area contributed by atoms with Crippen molar-refractivity contribution in [3.05, 3.63) is 43.4 Å². The first-order chi connectivity index (χ1) is 12.3. The van der Waals surface area contributed by atoms with Gasteiger partial charge in [0.1, 0.15) is 18.5 Å². The minimum atomic E-state index is 0.630. The minimum Gasteiger partial charge on any atom is -0.369 e. The summed E-state index contributed by atoms with van der Waals surface area (Å²) < 4.78 is 3.70. The molecule has 0 aromatic carbocycles. The molecule has 0 aliphatic rings. The van der Waals surface area contributed by atoms with Crippen molar-refractivity contribution in [3.63, 3.8) is 0 Å². The summed E-state index contributed by atoms with van der Waals surface area (Å²) in [4.78, 5) is 13.4. The summed E-state index contributed by atoms with van der Waals surface area (Å²) in [5, 5.41) is 16.2. The number of hydrogen-bond donors (Lipinski definition) is 1. The fourth-order valence-corrected chi connectivity index (χ4v) is 2.59. The highest BCUT2D eigenvalue weighted by Gasteiger charge is 2.12. The Morgan fingerprint density at radius 3 is 2.80 bits per heavy atom. The number of fused-ring (bicyclic) bond motifs is 1. The first kappa shape index (κ1) is 15.2. The lowest BCUT2D eigenvalue weighted by atomic mass is 10.2. The Labute approximate surface area is 143 Å². The van der Waals surface area contributed by atoms with E-state index in [2.05, 4.69) is 35.6 Å². The van der Waals surface area contributed by atoms with Gasteiger partial charge >= 0.3 is 0 Å². The van der Waals surface area contributed by atoms with E-state index in [4.69, 9.17) is 0 Å². The van der Waals surface area contributed by atoms with E-state index < -0.39 is 0 Å².